The van der Waals surface area contributed by atoms with Crippen molar-refractivity contribution in [3.8, 4) is 0 Å². The topological polar surface area (TPSA) is 89.5 Å². The zero-order valence-corrected chi connectivity index (χ0v) is 11.0. The van der Waals surface area contributed by atoms with Gasteiger partial charge in [-0.15, -0.1) is 23.2 Å². The number of carbonyl (C=O) groups excluding carboxylic acids is 2. The summed E-state index contributed by atoms with van der Waals surface area (Å²) in [7, 11) is -3.33. The van der Waals surface area contributed by atoms with Crippen molar-refractivity contribution in [2.45, 2.75) is 12.1 Å². The predicted octanol–water partition coefficient (Wildman–Crippen LogP) is -0.711. The average Bonchev–Trinajstić information content (AvgIpc) is 2.52. The third-order valence-electron chi connectivity index (χ3n) is 2.16. The monoisotopic (exact) mass is 303 g/mol. The Morgan fingerprint density at radius 3 is 2.41 bits per heavy atom. The number of carbonyl (C=O) groups is 2. The molecule has 98 valence electrons. The number of alkyl halides is 2. The van der Waals surface area contributed by atoms with Crippen LogP contribution in [0.3, 0.4) is 0 Å². The average molecular weight is 304 g/mol. The number of amides is 1. The van der Waals surface area contributed by atoms with Crippen LogP contribution in [-0.4, -0.2) is 55.7 Å². The molecular formula is C8H11Cl2NO5S. The lowest BCUT2D eigenvalue weighted by molar-refractivity contribution is -0.146. The van der Waals surface area contributed by atoms with Crippen molar-refractivity contribution in [1.82, 2.24) is 5.32 Å². The summed E-state index contributed by atoms with van der Waals surface area (Å²) in [6, 6.07) is -0.765. The first-order valence-electron chi connectivity index (χ1n) is 4.69. The molecule has 1 N–H and O–H groups in total. The van der Waals surface area contributed by atoms with E-state index in [4.69, 9.17) is 27.9 Å². The molecule has 6 nitrogen and oxygen atoms in total. The molecule has 9 heteroatoms. The third kappa shape index (κ3) is 4.33. The molecule has 1 aliphatic heterocycles. The highest BCUT2D eigenvalue weighted by Crippen LogP contribution is 2.16. The highest BCUT2D eigenvalue weighted by molar-refractivity contribution is 7.91. The summed E-state index contributed by atoms with van der Waals surface area (Å²) in [5.41, 5.74) is 0. The van der Waals surface area contributed by atoms with Crippen LogP contribution < -0.4 is 5.32 Å². The van der Waals surface area contributed by atoms with Gasteiger partial charge in [-0.25, -0.2) is 8.42 Å². The Hall–Kier alpha value is -0.530. The summed E-state index contributed by atoms with van der Waals surface area (Å²) in [5, 5.41) is 2.39. The van der Waals surface area contributed by atoms with Crippen molar-refractivity contribution in [2.24, 2.45) is 0 Å². The van der Waals surface area contributed by atoms with Gasteiger partial charge in [-0.3, -0.25) is 9.59 Å². The van der Waals surface area contributed by atoms with Crippen molar-refractivity contribution in [3.63, 3.8) is 0 Å². The van der Waals surface area contributed by atoms with E-state index in [0.29, 0.717) is 0 Å². The van der Waals surface area contributed by atoms with E-state index in [1.165, 1.54) is 0 Å². The molecule has 0 spiro atoms. The molecule has 0 aromatic heterocycles. The van der Waals surface area contributed by atoms with E-state index in [2.05, 4.69) is 5.32 Å². The van der Waals surface area contributed by atoms with Gasteiger partial charge in [0.25, 0.3) is 0 Å². The summed E-state index contributed by atoms with van der Waals surface area (Å²) in [5.74, 6) is -2.47. The van der Waals surface area contributed by atoms with Crippen LogP contribution in [0.15, 0.2) is 0 Å². The van der Waals surface area contributed by atoms with Crippen LogP contribution in [0.25, 0.3) is 0 Å². The first-order valence-corrected chi connectivity index (χ1v) is 7.58. The Labute approximate surface area is 109 Å². The summed E-state index contributed by atoms with van der Waals surface area (Å²) in [6.07, 6.45) is -0.904. The Kier molecular flexibility index (Phi) is 5.03. The molecule has 0 aromatic carbocycles. The molecule has 0 saturated carbocycles. The molecule has 0 unspecified atom stereocenters. The van der Waals surface area contributed by atoms with Crippen LogP contribution in [0, 0.1) is 0 Å². The van der Waals surface area contributed by atoms with Crippen molar-refractivity contribution in [1.29, 1.82) is 0 Å². The molecule has 0 aliphatic carbocycles. The molecule has 1 aliphatic rings. The first-order chi connectivity index (χ1) is 7.88. The lowest BCUT2D eigenvalue weighted by atomic mass is 10.2. The number of ether oxygens (including phenoxy) is 1. The Balaban J connectivity index is 2.71. The van der Waals surface area contributed by atoms with Gasteiger partial charge in [0.1, 0.15) is 17.9 Å². The smallest absolute Gasteiger partial charge is 0.321 e. The quantitative estimate of drug-likeness (QED) is 0.547. The number of hydrogen-bond acceptors (Lipinski definition) is 5. The van der Waals surface area contributed by atoms with Crippen LogP contribution in [0.1, 0.15) is 0 Å². The maximum absolute atomic E-state index is 11.4. The number of hydrogen-bond donors (Lipinski definition) is 1. The van der Waals surface area contributed by atoms with E-state index in [1.54, 1.807) is 0 Å². The van der Waals surface area contributed by atoms with Gasteiger partial charge in [-0.1, -0.05) is 0 Å². The second-order valence-corrected chi connectivity index (χ2v) is 6.23. The fraction of sp³-hybridized carbons (Fsp3) is 0.750. The van der Waals surface area contributed by atoms with E-state index >= 15 is 0 Å². The van der Waals surface area contributed by atoms with E-state index in [1.807, 2.05) is 0 Å². The van der Waals surface area contributed by atoms with E-state index < -0.39 is 33.9 Å². The second-order valence-electron chi connectivity index (χ2n) is 3.55. The number of sulfone groups is 1. The Morgan fingerprint density at radius 1 is 1.24 bits per heavy atom. The molecule has 2 atom stereocenters. The minimum Gasteiger partial charge on any atom is -0.458 e. The Morgan fingerprint density at radius 2 is 1.88 bits per heavy atom. The number of halogens is 2. The van der Waals surface area contributed by atoms with Gasteiger partial charge in [-0.05, 0) is 0 Å². The van der Waals surface area contributed by atoms with Gasteiger partial charge in [0.2, 0.25) is 5.91 Å². The largest absolute Gasteiger partial charge is 0.458 e. The molecule has 0 radical (unpaired) electrons. The predicted molar refractivity (Wildman–Crippen MR) is 61.9 cm³/mol. The molecule has 17 heavy (non-hydrogen) atoms. The Bertz CT molecular complexity index is 378. The van der Waals surface area contributed by atoms with Gasteiger partial charge >= 0.3 is 5.97 Å². The van der Waals surface area contributed by atoms with Crippen LogP contribution >= 0.6 is 23.2 Å². The van der Waals surface area contributed by atoms with Crippen molar-refractivity contribution < 1.29 is 22.7 Å². The molecule has 1 rings (SSSR count). The maximum atomic E-state index is 11.4. The maximum Gasteiger partial charge on any atom is 0.321 e. The fourth-order valence-electron chi connectivity index (χ4n) is 1.51. The fourth-order valence-corrected chi connectivity index (χ4v) is 3.43. The molecule has 1 saturated heterocycles. The van der Waals surface area contributed by atoms with Crippen LogP contribution in [0.5, 0.6) is 0 Å². The third-order valence-corrected chi connectivity index (χ3v) is 4.32. The number of rotatable bonds is 4. The van der Waals surface area contributed by atoms with E-state index in [-0.39, 0.29) is 23.3 Å². The van der Waals surface area contributed by atoms with E-state index in [0.717, 1.165) is 0 Å². The standard InChI is InChI=1S/C8H11Cl2NO5S/c9-1-7(12)11-5-3-17(14,15)4-6(5)16-8(13)2-10/h5-6H,1-4H2,(H,11,12)/t5-,6-/m0/s1. The highest BCUT2D eigenvalue weighted by atomic mass is 35.5. The molecule has 0 bridgehead atoms. The highest BCUT2D eigenvalue weighted by Gasteiger charge is 2.40. The van der Waals surface area contributed by atoms with Crippen molar-refractivity contribution in [2.75, 3.05) is 23.3 Å². The summed E-state index contributed by atoms with van der Waals surface area (Å²) >= 11 is 10.5. The summed E-state index contributed by atoms with van der Waals surface area (Å²) in [6.45, 7) is 0. The minimum absolute atomic E-state index is 0.268. The molecule has 1 fully saturated rings. The van der Waals surface area contributed by atoms with Gasteiger partial charge in [-0.2, -0.15) is 0 Å². The lowest BCUT2D eigenvalue weighted by Crippen LogP contribution is -2.45. The second kappa shape index (κ2) is 5.88. The molecule has 0 aromatic rings. The van der Waals surface area contributed by atoms with Gasteiger partial charge < -0.3 is 10.1 Å². The normalized spacial score (nSPS) is 26.5. The van der Waals surface area contributed by atoms with E-state index in [9.17, 15) is 18.0 Å². The SMILES string of the molecule is O=C(CCl)N[C@H]1CS(=O)(=O)C[C@@H]1OC(=O)CCl. The molecule has 1 amide bonds. The molecule has 1 heterocycles. The first kappa shape index (κ1) is 14.5. The zero-order valence-electron chi connectivity index (χ0n) is 8.69. The van der Waals surface area contributed by atoms with Crippen LogP contribution in [-0.2, 0) is 24.2 Å². The zero-order chi connectivity index (χ0) is 13.1. The van der Waals surface area contributed by atoms with Crippen LogP contribution in [0.4, 0.5) is 0 Å². The van der Waals surface area contributed by atoms with Gasteiger partial charge in [0.05, 0.1) is 17.5 Å². The van der Waals surface area contributed by atoms with Crippen molar-refractivity contribution >= 4 is 44.9 Å². The lowest BCUT2D eigenvalue weighted by Gasteiger charge is -2.18. The number of nitrogens with one attached hydrogen (secondary N) is 1. The molecular weight excluding hydrogens is 293 g/mol. The number of esters is 1. The summed E-state index contributed by atoms with van der Waals surface area (Å²) < 4.78 is 27.6. The van der Waals surface area contributed by atoms with Gasteiger partial charge in [0.15, 0.2) is 9.84 Å². The van der Waals surface area contributed by atoms with Crippen molar-refractivity contribution in [3.05, 3.63) is 0 Å². The minimum atomic E-state index is -3.33. The summed E-state index contributed by atoms with van der Waals surface area (Å²) in [4.78, 5) is 22.1. The van der Waals surface area contributed by atoms with Gasteiger partial charge in [0, 0.05) is 0 Å². The van der Waals surface area contributed by atoms with Crippen LogP contribution in [0.2, 0.25) is 0 Å².